The van der Waals surface area contributed by atoms with Gasteiger partial charge < -0.3 is 0 Å². The van der Waals surface area contributed by atoms with Gasteiger partial charge in [-0.2, -0.15) is 0 Å². The summed E-state index contributed by atoms with van der Waals surface area (Å²) in [7, 11) is 0. The van der Waals surface area contributed by atoms with Gasteiger partial charge in [-0.1, -0.05) is 48.0 Å². The van der Waals surface area contributed by atoms with Gasteiger partial charge in [0.05, 0.1) is 0 Å². The molecule has 2 aromatic rings. The zero-order chi connectivity index (χ0) is 12.7. The zero-order valence-electron chi connectivity index (χ0n) is 11.1. The standard InChI is InChI=1S/C17H15Cl.Zr/c1-11-5-3-6-13-9-12(2)16(10-15(11)13)14-7-4-8-17(14)18;/h3-7,9-10H,8H2,1-2H3;. The molecule has 0 bridgehead atoms. The van der Waals surface area contributed by atoms with Crippen LogP contribution in [0.15, 0.2) is 47.5 Å². The van der Waals surface area contributed by atoms with Crippen molar-refractivity contribution in [3.8, 4) is 0 Å². The van der Waals surface area contributed by atoms with Gasteiger partial charge in [-0.25, -0.2) is 0 Å². The van der Waals surface area contributed by atoms with Gasteiger partial charge in [-0.15, -0.1) is 0 Å². The van der Waals surface area contributed by atoms with Crippen LogP contribution in [0, 0.1) is 13.8 Å². The molecule has 1 aliphatic rings. The van der Waals surface area contributed by atoms with Crippen LogP contribution in [0.25, 0.3) is 16.3 Å². The van der Waals surface area contributed by atoms with E-state index in [1.165, 1.54) is 33.0 Å². The second kappa shape index (κ2) is 5.77. The molecule has 0 saturated carbocycles. The number of hydrogen-bond donors (Lipinski definition) is 0. The Bertz CT molecular complexity index is 696. The van der Waals surface area contributed by atoms with Crippen molar-refractivity contribution in [2.75, 3.05) is 0 Å². The third-order valence-electron chi connectivity index (χ3n) is 3.61. The van der Waals surface area contributed by atoms with Crippen LogP contribution < -0.4 is 0 Å². The number of benzene rings is 2. The van der Waals surface area contributed by atoms with Gasteiger partial charge in [0, 0.05) is 37.7 Å². The predicted molar refractivity (Wildman–Crippen MR) is 80.0 cm³/mol. The summed E-state index contributed by atoms with van der Waals surface area (Å²) >= 11 is 6.29. The maximum absolute atomic E-state index is 6.29. The van der Waals surface area contributed by atoms with Crippen LogP contribution >= 0.6 is 11.6 Å². The summed E-state index contributed by atoms with van der Waals surface area (Å²) in [6, 6.07) is 11.0. The molecule has 19 heavy (non-hydrogen) atoms. The van der Waals surface area contributed by atoms with Crippen LogP contribution in [-0.4, -0.2) is 0 Å². The average Bonchev–Trinajstić information content (AvgIpc) is 2.75. The van der Waals surface area contributed by atoms with E-state index in [-0.39, 0.29) is 26.2 Å². The molecule has 0 heterocycles. The molecule has 0 fully saturated rings. The van der Waals surface area contributed by atoms with E-state index in [9.17, 15) is 0 Å². The van der Waals surface area contributed by atoms with Gasteiger partial charge in [0.2, 0.25) is 0 Å². The molecule has 0 radical (unpaired) electrons. The molecule has 94 valence electrons. The fourth-order valence-corrected chi connectivity index (χ4v) is 2.86. The van der Waals surface area contributed by atoms with Crippen molar-refractivity contribution in [2.45, 2.75) is 20.3 Å². The third-order valence-corrected chi connectivity index (χ3v) is 3.97. The quantitative estimate of drug-likeness (QED) is 0.652. The van der Waals surface area contributed by atoms with E-state index < -0.39 is 0 Å². The van der Waals surface area contributed by atoms with E-state index in [1.807, 2.05) is 0 Å². The molecule has 0 amide bonds. The Labute approximate surface area is 138 Å². The van der Waals surface area contributed by atoms with E-state index in [0.717, 1.165) is 11.5 Å². The normalized spacial score (nSPS) is 14.1. The molecule has 0 aliphatic heterocycles. The van der Waals surface area contributed by atoms with Gasteiger partial charge in [0.25, 0.3) is 0 Å². The Balaban J connectivity index is 0.00000133. The molecule has 0 N–H and O–H groups in total. The first-order valence-corrected chi connectivity index (χ1v) is 6.60. The minimum atomic E-state index is 0. The van der Waals surface area contributed by atoms with Crippen molar-refractivity contribution in [2.24, 2.45) is 0 Å². The number of fused-ring (bicyclic) bond motifs is 1. The van der Waals surface area contributed by atoms with Crippen molar-refractivity contribution in [1.29, 1.82) is 0 Å². The first-order chi connectivity index (χ1) is 8.66. The number of hydrogen-bond acceptors (Lipinski definition) is 0. The summed E-state index contributed by atoms with van der Waals surface area (Å²) < 4.78 is 0. The molecule has 2 aromatic carbocycles. The average molecular weight is 346 g/mol. The van der Waals surface area contributed by atoms with Crippen molar-refractivity contribution in [3.05, 3.63) is 64.2 Å². The summed E-state index contributed by atoms with van der Waals surface area (Å²) in [6.45, 7) is 4.31. The molecular formula is C17H15ClZr. The SMILES string of the molecule is Cc1cc2cccc(C)c2cc1C1=C(Cl)CC=C1.[Zr]. The van der Waals surface area contributed by atoms with Crippen LogP contribution in [0.3, 0.4) is 0 Å². The topological polar surface area (TPSA) is 0 Å². The molecule has 0 nitrogen and oxygen atoms in total. The minimum absolute atomic E-state index is 0. The Hall–Kier alpha value is -0.647. The van der Waals surface area contributed by atoms with Crippen molar-refractivity contribution in [1.82, 2.24) is 0 Å². The summed E-state index contributed by atoms with van der Waals surface area (Å²) in [5, 5.41) is 3.57. The molecule has 1 aliphatic carbocycles. The van der Waals surface area contributed by atoms with Crippen LogP contribution in [0.1, 0.15) is 23.1 Å². The smallest absolute Gasteiger partial charge is 0.0297 e. The number of allylic oxidation sites excluding steroid dienone is 4. The van der Waals surface area contributed by atoms with Gasteiger partial charge in [-0.05, 0) is 52.9 Å². The predicted octanol–water partition coefficient (Wildman–Crippen LogP) is 5.36. The van der Waals surface area contributed by atoms with Crippen LogP contribution in [0.2, 0.25) is 0 Å². The fraction of sp³-hybridized carbons (Fsp3) is 0.176. The Morgan fingerprint density at radius 2 is 1.84 bits per heavy atom. The molecule has 3 rings (SSSR count). The number of aryl methyl sites for hydroxylation is 2. The van der Waals surface area contributed by atoms with Gasteiger partial charge in [0.1, 0.15) is 0 Å². The van der Waals surface area contributed by atoms with Gasteiger partial charge >= 0.3 is 0 Å². The molecule has 0 spiro atoms. The summed E-state index contributed by atoms with van der Waals surface area (Å²) in [5.74, 6) is 0. The summed E-state index contributed by atoms with van der Waals surface area (Å²) in [5.41, 5.74) is 5.04. The molecule has 0 aromatic heterocycles. The van der Waals surface area contributed by atoms with Crippen molar-refractivity contribution >= 4 is 27.9 Å². The third kappa shape index (κ3) is 2.64. The van der Waals surface area contributed by atoms with Crippen LogP contribution in [-0.2, 0) is 26.2 Å². The molecule has 0 atom stereocenters. The van der Waals surface area contributed by atoms with Gasteiger partial charge in [0.15, 0.2) is 0 Å². The zero-order valence-corrected chi connectivity index (χ0v) is 14.3. The Morgan fingerprint density at radius 3 is 2.53 bits per heavy atom. The Kier molecular flexibility index (Phi) is 4.48. The van der Waals surface area contributed by atoms with E-state index in [2.05, 4.69) is 56.3 Å². The first-order valence-electron chi connectivity index (χ1n) is 6.22. The summed E-state index contributed by atoms with van der Waals surface area (Å²) in [6.07, 6.45) is 5.12. The van der Waals surface area contributed by atoms with E-state index in [1.54, 1.807) is 0 Å². The van der Waals surface area contributed by atoms with Crippen LogP contribution in [0.4, 0.5) is 0 Å². The second-order valence-electron chi connectivity index (χ2n) is 4.89. The van der Waals surface area contributed by atoms with E-state index >= 15 is 0 Å². The molecule has 2 heteroatoms. The minimum Gasteiger partial charge on any atom is -0.0881 e. The largest absolute Gasteiger partial charge is 0.0881 e. The van der Waals surface area contributed by atoms with Crippen LogP contribution in [0.5, 0.6) is 0 Å². The van der Waals surface area contributed by atoms with Crippen molar-refractivity contribution < 1.29 is 26.2 Å². The van der Waals surface area contributed by atoms with Gasteiger partial charge in [-0.3, -0.25) is 0 Å². The second-order valence-corrected chi connectivity index (χ2v) is 5.34. The van der Waals surface area contributed by atoms with E-state index in [4.69, 9.17) is 11.6 Å². The Morgan fingerprint density at radius 1 is 1.05 bits per heavy atom. The maximum Gasteiger partial charge on any atom is 0.0297 e. The number of rotatable bonds is 1. The molecule has 0 unspecified atom stereocenters. The van der Waals surface area contributed by atoms with E-state index in [0.29, 0.717) is 0 Å². The van der Waals surface area contributed by atoms with Crippen molar-refractivity contribution in [3.63, 3.8) is 0 Å². The summed E-state index contributed by atoms with van der Waals surface area (Å²) in [4.78, 5) is 0. The molecular weight excluding hydrogens is 331 g/mol. The number of halogens is 1. The maximum atomic E-state index is 6.29. The molecule has 0 saturated heterocycles. The first kappa shape index (κ1) is 14.8. The fourth-order valence-electron chi connectivity index (χ4n) is 2.60. The monoisotopic (exact) mass is 344 g/mol.